The SMILES string of the molecule is CSc1ccc(CNC(=S)Nc2cccc(Cl)c2)cc1. The van der Waals surface area contributed by atoms with Gasteiger partial charge in [0.1, 0.15) is 0 Å². The van der Waals surface area contributed by atoms with Crippen LogP contribution < -0.4 is 10.6 Å². The van der Waals surface area contributed by atoms with Gasteiger partial charge in [0.15, 0.2) is 5.11 Å². The molecule has 2 N–H and O–H groups in total. The van der Waals surface area contributed by atoms with Crippen LogP contribution in [0.15, 0.2) is 53.4 Å². The van der Waals surface area contributed by atoms with E-state index in [2.05, 4.69) is 41.2 Å². The number of benzene rings is 2. The summed E-state index contributed by atoms with van der Waals surface area (Å²) in [6.07, 6.45) is 2.07. The number of rotatable bonds is 4. The molecule has 0 unspecified atom stereocenters. The highest BCUT2D eigenvalue weighted by molar-refractivity contribution is 7.98. The van der Waals surface area contributed by atoms with Crippen molar-refractivity contribution in [3.05, 3.63) is 59.1 Å². The number of thioether (sulfide) groups is 1. The number of hydrogen-bond donors (Lipinski definition) is 2. The first-order chi connectivity index (χ1) is 9.67. The largest absolute Gasteiger partial charge is 0.358 e. The third-order valence-corrected chi connectivity index (χ3v) is 3.92. The van der Waals surface area contributed by atoms with E-state index in [1.807, 2.05) is 24.3 Å². The van der Waals surface area contributed by atoms with Crippen molar-refractivity contribution in [1.29, 1.82) is 0 Å². The molecule has 5 heteroatoms. The molecule has 2 rings (SSSR count). The third kappa shape index (κ3) is 4.71. The Bertz CT molecular complexity index is 585. The van der Waals surface area contributed by atoms with Crippen LogP contribution in [0.4, 0.5) is 5.69 Å². The predicted molar refractivity (Wildman–Crippen MR) is 92.7 cm³/mol. The Morgan fingerprint density at radius 2 is 1.95 bits per heavy atom. The number of thiocarbonyl (C=S) groups is 1. The number of nitrogens with one attached hydrogen (secondary N) is 2. The fraction of sp³-hybridized carbons (Fsp3) is 0.133. The molecule has 0 amide bonds. The lowest BCUT2D eigenvalue weighted by molar-refractivity contribution is 0.924. The molecule has 2 aromatic carbocycles. The van der Waals surface area contributed by atoms with Gasteiger partial charge in [-0.1, -0.05) is 29.8 Å². The average Bonchev–Trinajstić information content (AvgIpc) is 2.46. The fourth-order valence-electron chi connectivity index (χ4n) is 1.67. The smallest absolute Gasteiger partial charge is 0.171 e. The first kappa shape index (κ1) is 15.2. The van der Waals surface area contributed by atoms with Crippen LogP contribution in [0, 0.1) is 0 Å². The van der Waals surface area contributed by atoms with E-state index in [1.165, 1.54) is 10.5 Å². The second-order valence-corrected chi connectivity index (χ2v) is 5.89. The van der Waals surface area contributed by atoms with Gasteiger partial charge in [-0.05, 0) is 54.4 Å². The normalized spacial score (nSPS) is 10.1. The second kappa shape index (κ2) is 7.53. The minimum atomic E-state index is 0.584. The molecule has 0 atom stereocenters. The average molecular weight is 323 g/mol. The number of anilines is 1. The molecule has 20 heavy (non-hydrogen) atoms. The number of hydrogen-bond acceptors (Lipinski definition) is 2. The Labute approximate surface area is 133 Å². The highest BCUT2D eigenvalue weighted by atomic mass is 35.5. The van der Waals surface area contributed by atoms with E-state index in [-0.39, 0.29) is 0 Å². The van der Waals surface area contributed by atoms with Crippen LogP contribution in [0.5, 0.6) is 0 Å². The van der Waals surface area contributed by atoms with Crippen molar-refractivity contribution < 1.29 is 0 Å². The fourth-order valence-corrected chi connectivity index (χ4v) is 2.46. The zero-order chi connectivity index (χ0) is 14.4. The molecule has 2 aromatic rings. The topological polar surface area (TPSA) is 24.1 Å². The van der Waals surface area contributed by atoms with E-state index in [9.17, 15) is 0 Å². The summed E-state index contributed by atoms with van der Waals surface area (Å²) in [6.45, 7) is 0.695. The highest BCUT2D eigenvalue weighted by Gasteiger charge is 1.99. The molecule has 2 nitrogen and oxygen atoms in total. The van der Waals surface area contributed by atoms with E-state index in [0.29, 0.717) is 16.7 Å². The standard InChI is InChI=1S/C15H15ClN2S2/c1-20-14-7-5-11(6-8-14)10-17-15(19)18-13-4-2-3-12(16)9-13/h2-9H,10H2,1H3,(H2,17,18,19). The molecular weight excluding hydrogens is 308 g/mol. The Hall–Kier alpha value is -1.23. The lowest BCUT2D eigenvalue weighted by Crippen LogP contribution is -2.27. The quantitative estimate of drug-likeness (QED) is 0.637. The van der Waals surface area contributed by atoms with E-state index < -0.39 is 0 Å². The summed E-state index contributed by atoms with van der Waals surface area (Å²) < 4.78 is 0. The first-order valence-electron chi connectivity index (χ1n) is 6.11. The third-order valence-electron chi connectivity index (χ3n) is 2.69. The molecule has 0 aromatic heterocycles. The molecule has 0 radical (unpaired) electrons. The molecule has 0 aliphatic rings. The minimum absolute atomic E-state index is 0.584. The van der Waals surface area contributed by atoms with Crippen LogP contribution in [0.25, 0.3) is 0 Å². The van der Waals surface area contributed by atoms with Gasteiger partial charge in [-0.3, -0.25) is 0 Å². The van der Waals surface area contributed by atoms with E-state index in [0.717, 1.165) is 5.69 Å². The molecule has 0 fully saturated rings. The van der Waals surface area contributed by atoms with Gasteiger partial charge in [-0.2, -0.15) is 0 Å². The number of halogens is 1. The molecule has 0 aliphatic carbocycles. The summed E-state index contributed by atoms with van der Waals surface area (Å²) in [5.41, 5.74) is 2.07. The van der Waals surface area contributed by atoms with Gasteiger partial charge in [-0.25, -0.2) is 0 Å². The molecule has 0 aliphatic heterocycles. The van der Waals surface area contributed by atoms with Crippen LogP contribution in [0.2, 0.25) is 5.02 Å². The van der Waals surface area contributed by atoms with Gasteiger partial charge in [0, 0.05) is 22.2 Å². The maximum Gasteiger partial charge on any atom is 0.171 e. The van der Waals surface area contributed by atoms with Crippen LogP contribution in [0.3, 0.4) is 0 Å². The predicted octanol–water partition coefficient (Wildman–Crippen LogP) is 4.55. The minimum Gasteiger partial charge on any atom is -0.358 e. The van der Waals surface area contributed by atoms with Crippen molar-refractivity contribution in [3.63, 3.8) is 0 Å². The molecular formula is C15H15ClN2S2. The van der Waals surface area contributed by atoms with Crippen molar-refractivity contribution in [1.82, 2.24) is 5.32 Å². The van der Waals surface area contributed by atoms with Crippen LogP contribution >= 0.6 is 35.6 Å². The Morgan fingerprint density at radius 3 is 2.60 bits per heavy atom. The van der Waals surface area contributed by atoms with Crippen molar-refractivity contribution in [2.75, 3.05) is 11.6 Å². The van der Waals surface area contributed by atoms with Crippen molar-refractivity contribution >= 4 is 46.4 Å². The lowest BCUT2D eigenvalue weighted by atomic mass is 10.2. The monoisotopic (exact) mass is 322 g/mol. The molecule has 0 saturated carbocycles. The van der Waals surface area contributed by atoms with Gasteiger partial charge in [-0.15, -0.1) is 11.8 Å². The van der Waals surface area contributed by atoms with Crippen LogP contribution in [0.1, 0.15) is 5.56 Å². The summed E-state index contributed by atoms with van der Waals surface area (Å²) in [7, 11) is 0. The lowest BCUT2D eigenvalue weighted by Gasteiger charge is -2.11. The van der Waals surface area contributed by atoms with Gasteiger partial charge in [0.05, 0.1) is 0 Å². The molecule has 0 spiro atoms. The zero-order valence-corrected chi connectivity index (χ0v) is 13.4. The van der Waals surface area contributed by atoms with Gasteiger partial charge >= 0.3 is 0 Å². The maximum absolute atomic E-state index is 5.92. The highest BCUT2D eigenvalue weighted by Crippen LogP contribution is 2.16. The molecule has 0 heterocycles. The molecule has 104 valence electrons. The molecule has 0 saturated heterocycles. The summed E-state index contributed by atoms with van der Waals surface area (Å²) in [5, 5.41) is 7.55. The van der Waals surface area contributed by atoms with Crippen LogP contribution in [-0.4, -0.2) is 11.4 Å². The summed E-state index contributed by atoms with van der Waals surface area (Å²) in [5.74, 6) is 0. The summed E-state index contributed by atoms with van der Waals surface area (Å²) in [6, 6.07) is 15.9. The maximum atomic E-state index is 5.92. The Kier molecular flexibility index (Phi) is 5.71. The molecule has 0 bridgehead atoms. The summed E-state index contributed by atoms with van der Waals surface area (Å²) >= 11 is 12.9. The Balaban J connectivity index is 1.85. The first-order valence-corrected chi connectivity index (χ1v) is 8.12. The summed E-state index contributed by atoms with van der Waals surface area (Å²) in [4.78, 5) is 1.26. The van der Waals surface area contributed by atoms with Crippen molar-refractivity contribution in [3.8, 4) is 0 Å². The van der Waals surface area contributed by atoms with Crippen molar-refractivity contribution in [2.45, 2.75) is 11.4 Å². The zero-order valence-electron chi connectivity index (χ0n) is 11.0. The van der Waals surface area contributed by atoms with Crippen LogP contribution in [-0.2, 0) is 6.54 Å². The van der Waals surface area contributed by atoms with E-state index in [4.69, 9.17) is 23.8 Å². The van der Waals surface area contributed by atoms with Gasteiger partial charge < -0.3 is 10.6 Å². The van der Waals surface area contributed by atoms with Gasteiger partial charge in [0.25, 0.3) is 0 Å². The van der Waals surface area contributed by atoms with E-state index in [1.54, 1.807) is 11.8 Å². The van der Waals surface area contributed by atoms with Gasteiger partial charge in [0.2, 0.25) is 0 Å². The second-order valence-electron chi connectivity index (χ2n) is 4.17. The van der Waals surface area contributed by atoms with Crippen molar-refractivity contribution in [2.24, 2.45) is 0 Å². The Morgan fingerprint density at radius 1 is 1.20 bits per heavy atom. The van der Waals surface area contributed by atoms with E-state index >= 15 is 0 Å².